The number of hydrogen-bond acceptors (Lipinski definition) is 6. The normalized spacial score (nSPS) is 11.3. The molecule has 1 amide bonds. The Balaban J connectivity index is 2.18. The molecule has 2 aromatic rings. The predicted molar refractivity (Wildman–Crippen MR) is 89.6 cm³/mol. The molecule has 1 N–H and O–H groups in total. The molecule has 0 saturated heterocycles. The van der Waals surface area contributed by atoms with Gasteiger partial charge in [-0.25, -0.2) is 9.18 Å². The maximum absolute atomic E-state index is 13.6. The fourth-order valence-corrected chi connectivity index (χ4v) is 2.05. The highest BCUT2D eigenvalue weighted by Crippen LogP contribution is 2.29. The van der Waals surface area contributed by atoms with Crippen LogP contribution < -0.4 is 10.1 Å². The molecule has 0 heterocycles. The van der Waals surface area contributed by atoms with Crippen molar-refractivity contribution in [3.63, 3.8) is 0 Å². The van der Waals surface area contributed by atoms with Gasteiger partial charge < -0.3 is 14.8 Å². The molecule has 0 radical (unpaired) electrons. The van der Waals surface area contributed by atoms with E-state index in [1.807, 2.05) is 0 Å². The van der Waals surface area contributed by atoms with Gasteiger partial charge in [-0.1, -0.05) is 12.1 Å². The van der Waals surface area contributed by atoms with E-state index in [2.05, 4.69) is 10.1 Å². The third-order valence-electron chi connectivity index (χ3n) is 3.38. The lowest BCUT2D eigenvalue weighted by Crippen LogP contribution is -2.30. The lowest BCUT2D eigenvalue weighted by molar-refractivity contribution is -0.386. The zero-order valence-electron chi connectivity index (χ0n) is 13.9. The summed E-state index contributed by atoms with van der Waals surface area (Å²) in [5.41, 5.74) is -0.572. The van der Waals surface area contributed by atoms with Crippen LogP contribution in [0, 0.1) is 15.9 Å². The van der Waals surface area contributed by atoms with E-state index in [9.17, 15) is 24.1 Å². The summed E-state index contributed by atoms with van der Waals surface area (Å²) in [5.74, 6) is -2.27. The Morgan fingerprint density at radius 1 is 1.23 bits per heavy atom. The van der Waals surface area contributed by atoms with E-state index in [-0.39, 0.29) is 17.0 Å². The first-order valence-electron chi connectivity index (χ1n) is 7.42. The van der Waals surface area contributed by atoms with Crippen LogP contribution in [-0.2, 0) is 9.53 Å². The number of esters is 1. The van der Waals surface area contributed by atoms with E-state index in [1.165, 1.54) is 37.3 Å². The summed E-state index contributed by atoms with van der Waals surface area (Å²) in [6, 6.07) is 9.01. The molecule has 0 aliphatic rings. The average molecular weight is 362 g/mol. The van der Waals surface area contributed by atoms with Crippen LogP contribution in [0.1, 0.15) is 17.3 Å². The third kappa shape index (κ3) is 4.32. The smallest absolute Gasteiger partial charge is 0.338 e. The largest absolute Gasteiger partial charge is 0.474 e. The molecule has 0 aromatic heterocycles. The number of nitrogens with one attached hydrogen (secondary N) is 1. The van der Waals surface area contributed by atoms with Gasteiger partial charge in [0.2, 0.25) is 0 Å². The monoisotopic (exact) mass is 362 g/mol. The van der Waals surface area contributed by atoms with Crippen molar-refractivity contribution in [2.45, 2.75) is 13.0 Å². The first kappa shape index (κ1) is 18.8. The zero-order chi connectivity index (χ0) is 19.3. The number of hydrogen-bond donors (Lipinski definition) is 1. The van der Waals surface area contributed by atoms with Gasteiger partial charge in [0.1, 0.15) is 5.82 Å². The predicted octanol–water partition coefficient (Wildman–Crippen LogP) is 2.93. The molecule has 0 fully saturated rings. The van der Waals surface area contributed by atoms with Gasteiger partial charge in [-0.3, -0.25) is 14.9 Å². The minimum atomic E-state index is -1.16. The number of rotatable bonds is 6. The Kier molecular flexibility index (Phi) is 5.84. The first-order chi connectivity index (χ1) is 12.3. The molecule has 0 spiro atoms. The minimum absolute atomic E-state index is 0.0324. The topological polar surface area (TPSA) is 108 Å². The van der Waals surface area contributed by atoms with Gasteiger partial charge in [0.15, 0.2) is 11.9 Å². The fourth-order valence-electron chi connectivity index (χ4n) is 2.05. The van der Waals surface area contributed by atoms with E-state index < -0.39 is 34.4 Å². The number of nitro groups is 1. The molecule has 0 bridgehead atoms. The first-order valence-corrected chi connectivity index (χ1v) is 7.42. The van der Waals surface area contributed by atoms with Crippen molar-refractivity contribution in [2.24, 2.45) is 0 Å². The summed E-state index contributed by atoms with van der Waals surface area (Å²) in [6.45, 7) is 1.36. The highest BCUT2D eigenvalue weighted by Gasteiger charge is 2.23. The van der Waals surface area contributed by atoms with Crippen molar-refractivity contribution in [1.29, 1.82) is 0 Å². The van der Waals surface area contributed by atoms with Crippen molar-refractivity contribution in [1.82, 2.24) is 0 Å². The molecule has 0 aliphatic heterocycles. The number of benzene rings is 2. The second-order valence-electron chi connectivity index (χ2n) is 5.16. The molecule has 26 heavy (non-hydrogen) atoms. The summed E-state index contributed by atoms with van der Waals surface area (Å²) in [4.78, 5) is 34.1. The van der Waals surface area contributed by atoms with Gasteiger partial charge in [0.05, 0.1) is 23.3 Å². The number of ether oxygens (including phenoxy) is 2. The average Bonchev–Trinajstić information content (AvgIpc) is 2.62. The lowest BCUT2D eigenvalue weighted by Gasteiger charge is -2.15. The Hall–Kier alpha value is -3.49. The van der Waals surface area contributed by atoms with E-state index in [1.54, 1.807) is 6.07 Å². The van der Waals surface area contributed by atoms with Gasteiger partial charge in [-0.15, -0.1) is 0 Å². The molecule has 8 nitrogen and oxygen atoms in total. The number of nitrogens with zero attached hydrogens (tertiary/aromatic N) is 1. The molecular weight excluding hydrogens is 347 g/mol. The van der Waals surface area contributed by atoms with Crippen LogP contribution >= 0.6 is 0 Å². The summed E-state index contributed by atoms with van der Waals surface area (Å²) in [6.07, 6.45) is -1.16. The van der Waals surface area contributed by atoms with Crippen LogP contribution in [0.5, 0.6) is 5.75 Å². The number of halogens is 1. The van der Waals surface area contributed by atoms with Crippen LogP contribution in [0.15, 0.2) is 42.5 Å². The van der Waals surface area contributed by atoms with Crippen LogP contribution in [0.25, 0.3) is 0 Å². The van der Waals surface area contributed by atoms with Gasteiger partial charge in [0.25, 0.3) is 5.91 Å². The fraction of sp³-hybridized carbons (Fsp3) is 0.176. The van der Waals surface area contributed by atoms with E-state index in [0.717, 1.165) is 13.2 Å². The van der Waals surface area contributed by atoms with Crippen LogP contribution in [-0.4, -0.2) is 30.0 Å². The van der Waals surface area contributed by atoms with E-state index >= 15 is 0 Å². The number of anilines is 1. The molecular formula is C17H15FN2O6. The number of carbonyl (C=O) groups is 2. The zero-order valence-corrected chi connectivity index (χ0v) is 13.9. The molecule has 2 aromatic carbocycles. The summed E-state index contributed by atoms with van der Waals surface area (Å²) < 4.78 is 23.4. The molecule has 136 valence electrons. The van der Waals surface area contributed by atoms with Crippen LogP contribution in [0.4, 0.5) is 15.8 Å². The van der Waals surface area contributed by atoms with Crippen molar-refractivity contribution in [3.8, 4) is 5.75 Å². The molecule has 2 rings (SSSR count). The molecule has 0 aliphatic carbocycles. The van der Waals surface area contributed by atoms with Gasteiger partial charge >= 0.3 is 11.7 Å². The van der Waals surface area contributed by atoms with Gasteiger partial charge in [0, 0.05) is 6.07 Å². The van der Waals surface area contributed by atoms with Gasteiger partial charge in [-0.05, 0) is 31.2 Å². The van der Waals surface area contributed by atoms with Crippen molar-refractivity contribution >= 4 is 23.3 Å². The quantitative estimate of drug-likeness (QED) is 0.481. The van der Waals surface area contributed by atoms with Crippen molar-refractivity contribution in [2.75, 3.05) is 12.4 Å². The summed E-state index contributed by atoms with van der Waals surface area (Å²) >= 11 is 0. The van der Waals surface area contributed by atoms with Gasteiger partial charge in [-0.2, -0.15) is 0 Å². The SMILES string of the molecule is COC(=O)c1ccc(O[C@@H](C)C(=O)Nc2ccccc2F)c([N+](=O)[O-])c1. The van der Waals surface area contributed by atoms with Crippen molar-refractivity contribution in [3.05, 3.63) is 64.0 Å². The second-order valence-corrected chi connectivity index (χ2v) is 5.16. The number of methoxy groups -OCH3 is 1. The Labute approximate surface area is 147 Å². The van der Waals surface area contributed by atoms with E-state index in [0.29, 0.717) is 0 Å². The Morgan fingerprint density at radius 3 is 2.54 bits per heavy atom. The maximum Gasteiger partial charge on any atom is 0.338 e. The van der Waals surface area contributed by atoms with Crippen LogP contribution in [0.3, 0.4) is 0 Å². The molecule has 1 atom stereocenters. The molecule has 0 saturated carbocycles. The number of carbonyl (C=O) groups excluding carboxylic acids is 2. The maximum atomic E-state index is 13.6. The Morgan fingerprint density at radius 2 is 1.92 bits per heavy atom. The Bertz CT molecular complexity index is 855. The number of nitro benzene ring substituents is 1. The highest BCUT2D eigenvalue weighted by molar-refractivity contribution is 5.94. The number of para-hydroxylation sites is 1. The summed E-state index contributed by atoms with van der Waals surface area (Å²) in [7, 11) is 1.15. The van der Waals surface area contributed by atoms with Crippen LogP contribution in [0.2, 0.25) is 0 Å². The third-order valence-corrected chi connectivity index (χ3v) is 3.38. The lowest BCUT2D eigenvalue weighted by atomic mass is 10.2. The van der Waals surface area contributed by atoms with E-state index in [4.69, 9.17) is 4.74 Å². The summed E-state index contributed by atoms with van der Waals surface area (Å²) in [5, 5.41) is 13.5. The molecule has 0 unspecified atom stereocenters. The standard InChI is InChI=1S/C17H15FN2O6/c1-10(16(21)19-13-6-4-3-5-12(13)18)26-15-8-7-11(17(22)25-2)9-14(15)20(23)24/h3-10H,1-2H3,(H,19,21)/t10-/m0/s1. The van der Waals surface area contributed by atoms with Crippen molar-refractivity contribution < 1.29 is 28.4 Å². The minimum Gasteiger partial charge on any atom is -0.474 e. The second kappa shape index (κ2) is 8.06. The highest BCUT2D eigenvalue weighted by atomic mass is 19.1. The molecule has 9 heteroatoms. The number of amides is 1.